The highest BCUT2D eigenvalue weighted by molar-refractivity contribution is 9.09. The van der Waals surface area contributed by atoms with Crippen LogP contribution in [0.3, 0.4) is 0 Å². The fourth-order valence-corrected chi connectivity index (χ4v) is 3.11. The van der Waals surface area contributed by atoms with Crippen molar-refractivity contribution in [3.8, 4) is 11.4 Å². The molecule has 1 aromatic carbocycles. The number of carbonyl (C=O) groups is 1. The van der Waals surface area contributed by atoms with Gasteiger partial charge >= 0.3 is 0 Å². The molecular weight excluding hydrogens is 332 g/mol. The number of hydrogen-bond donors (Lipinski definition) is 0. The number of hydrogen-bond acceptors (Lipinski definition) is 2. The SMILES string of the molecule is COc1ccc(-n2cccc2)c(N2CC(CBr)CC2=O)c1. The molecule has 4 nitrogen and oxygen atoms in total. The van der Waals surface area contributed by atoms with E-state index in [0.717, 1.165) is 29.0 Å². The lowest BCUT2D eigenvalue weighted by Gasteiger charge is -2.21. The van der Waals surface area contributed by atoms with Crippen molar-refractivity contribution in [2.45, 2.75) is 6.42 Å². The fraction of sp³-hybridized carbons (Fsp3) is 0.312. The van der Waals surface area contributed by atoms with Gasteiger partial charge in [0.05, 0.1) is 18.5 Å². The van der Waals surface area contributed by atoms with Crippen LogP contribution >= 0.6 is 15.9 Å². The normalized spacial score (nSPS) is 18.3. The number of aromatic nitrogens is 1. The molecule has 1 fully saturated rings. The molecule has 0 radical (unpaired) electrons. The number of halogens is 1. The Morgan fingerprint density at radius 2 is 2.05 bits per heavy atom. The zero-order valence-electron chi connectivity index (χ0n) is 11.8. The predicted octanol–water partition coefficient (Wildman–Crippen LogP) is 3.23. The Kier molecular flexibility index (Phi) is 4.01. The minimum atomic E-state index is 0.168. The van der Waals surface area contributed by atoms with Gasteiger partial charge in [-0.3, -0.25) is 4.79 Å². The number of methoxy groups -OCH3 is 1. The van der Waals surface area contributed by atoms with Crippen LogP contribution in [0.5, 0.6) is 5.75 Å². The van der Waals surface area contributed by atoms with Crippen molar-refractivity contribution in [3.05, 3.63) is 42.7 Å². The van der Waals surface area contributed by atoms with Crippen LogP contribution in [0, 0.1) is 5.92 Å². The number of ether oxygens (including phenoxy) is 1. The van der Waals surface area contributed by atoms with Gasteiger partial charge in [-0.2, -0.15) is 0 Å². The summed E-state index contributed by atoms with van der Waals surface area (Å²) < 4.78 is 7.34. The summed E-state index contributed by atoms with van der Waals surface area (Å²) in [5.74, 6) is 1.29. The standard InChI is InChI=1S/C16H17BrN2O2/c1-21-13-4-5-14(18-6-2-3-7-18)15(9-13)19-11-12(10-17)8-16(19)20/h2-7,9,12H,8,10-11H2,1H3. The molecular formula is C16H17BrN2O2. The molecule has 2 heterocycles. The molecule has 1 atom stereocenters. The van der Waals surface area contributed by atoms with Crippen molar-refractivity contribution in [3.63, 3.8) is 0 Å². The van der Waals surface area contributed by atoms with Crippen molar-refractivity contribution >= 4 is 27.5 Å². The monoisotopic (exact) mass is 348 g/mol. The van der Waals surface area contributed by atoms with E-state index < -0.39 is 0 Å². The summed E-state index contributed by atoms with van der Waals surface area (Å²) in [5.41, 5.74) is 1.89. The average molecular weight is 349 g/mol. The molecule has 5 heteroatoms. The zero-order valence-corrected chi connectivity index (χ0v) is 13.4. The number of anilines is 1. The van der Waals surface area contributed by atoms with Crippen LogP contribution in [0.15, 0.2) is 42.7 Å². The molecule has 0 N–H and O–H groups in total. The third-order valence-electron chi connectivity index (χ3n) is 3.78. The second-order valence-electron chi connectivity index (χ2n) is 5.17. The molecule has 1 amide bonds. The summed E-state index contributed by atoms with van der Waals surface area (Å²) in [7, 11) is 1.64. The third kappa shape index (κ3) is 2.70. The van der Waals surface area contributed by atoms with Gasteiger partial charge in [0, 0.05) is 36.8 Å². The van der Waals surface area contributed by atoms with Crippen molar-refractivity contribution in [1.29, 1.82) is 0 Å². The Morgan fingerprint density at radius 3 is 2.67 bits per heavy atom. The number of nitrogens with zero attached hydrogens (tertiary/aromatic N) is 2. The number of carbonyl (C=O) groups excluding carboxylic acids is 1. The van der Waals surface area contributed by atoms with E-state index in [9.17, 15) is 4.79 Å². The first kappa shape index (κ1) is 14.2. The van der Waals surface area contributed by atoms with Gasteiger partial charge in [-0.25, -0.2) is 0 Å². The highest BCUT2D eigenvalue weighted by Crippen LogP contribution is 2.34. The number of alkyl halides is 1. The highest BCUT2D eigenvalue weighted by atomic mass is 79.9. The third-order valence-corrected chi connectivity index (χ3v) is 4.70. The van der Waals surface area contributed by atoms with Crippen LogP contribution in [0.1, 0.15) is 6.42 Å². The molecule has 1 aromatic heterocycles. The first-order chi connectivity index (χ1) is 10.2. The van der Waals surface area contributed by atoms with Gasteiger partial charge in [0.15, 0.2) is 0 Å². The maximum absolute atomic E-state index is 12.3. The Morgan fingerprint density at radius 1 is 1.29 bits per heavy atom. The maximum Gasteiger partial charge on any atom is 0.227 e. The second kappa shape index (κ2) is 5.93. The van der Waals surface area contributed by atoms with E-state index in [0.29, 0.717) is 12.3 Å². The quantitative estimate of drug-likeness (QED) is 0.795. The molecule has 1 aliphatic rings. The highest BCUT2D eigenvalue weighted by Gasteiger charge is 2.31. The van der Waals surface area contributed by atoms with Crippen molar-refractivity contribution < 1.29 is 9.53 Å². The molecule has 3 rings (SSSR count). The van der Waals surface area contributed by atoms with Crippen molar-refractivity contribution in [2.75, 3.05) is 23.9 Å². The van der Waals surface area contributed by atoms with Gasteiger partial charge in [-0.15, -0.1) is 0 Å². The molecule has 1 unspecified atom stereocenters. The van der Waals surface area contributed by atoms with Crippen molar-refractivity contribution in [2.24, 2.45) is 5.92 Å². The number of benzene rings is 1. The molecule has 21 heavy (non-hydrogen) atoms. The van der Waals surface area contributed by atoms with E-state index in [1.807, 2.05) is 52.2 Å². The number of amides is 1. The van der Waals surface area contributed by atoms with E-state index in [1.54, 1.807) is 7.11 Å². The Labute approximate surface area is 132 Å². The first-order valence-corrected chi connectivity index (χ1v) is 8.03. The molecule has 0 saturated carbocycles. The lowest BCUT2D eigenvalue weighted by Crippen LogP contribution is -2.26. The van der Waals surface area contributed by atoms with E-state index in [-0.39, 0.29) is 5.91 Å². The van der Waals surface area contributed by atoms with E-state index in [4.69, 9.17) is 4.74 Å². The molecule has 0 bridgehead atoms. The fourth-order valence-electron chi connectivity index (χ4n) is 2.68. The van der Waals surface area contributed by atoms with Crippen LogP contribution in [0.2, 0.25) is 0 Å². The van der Waals surface area contributed by atoms with Crippen molar-refractivity contribution in [1.82, 2.24) is 4.57 Å². The molecule has 1 saturated heterocycles. The zero-order chi connectivity index (χ0) is 14.8. The topological polar surface area (TPSA) is 34.5 Å². The van der Waals surface area contributed by atoms with Crippen LogP contribution in [-0.4, -0.2) is 29.5 Å². The van der Waals surface area contributed by atoms with Crippen LogP contribution in [0.4, 0.5) is 5.69 Å². The summed E-state index contributed by atoms with van der Waals surface area (Å²) in [5, 5.41) is 0.845. The largest absolute Gasteiger partial charge is 0.497 e. The predicted molar refractivity (Wildman–Crippen MR) is 86.6 cm³/mol. The summed E-state index contributed by atoms with van der Waals surface area (Å²) in [6, 6.07) is 9.79. The van der Waals surface area contributed by atoms with E-state index in [1.165, 1.54) is 0 Å². The summed E-state index contributed by atoms with van der Waals surface area (Å²) >= 11 is 3.48. The Bertz CT molecular complexity index is 640. The van der Waals surface area contributed by atoms with Crippen LogP contribution < -0.4 is 9.64 Å². The van der Waals surface area contributed by atoms with Gasteiger partial charge in [0.25, 0.3) is 0 Å². The summed E-state index contributed by atoms with van der Waals surface area (Å²) in [6.07, 6.45) is 4.55. The minimum Gasteiger partial charge on any atom is -0.497 e. The average Bonchev–Trinajstić information content (AvgIpc) is 3.16. The molecule has 110 valence electrons. The summed E-state index contributed by atoms with van der Waals surface area (Å²) in [6.45, 7) is 0.742. The second-order valence-corrected chi connectivity index (χ2v) is 5.82. The maximum atomic E-state index is 12.3. The minimum absolute atomic E-state index is 0.168. The smallest absolute Gasteiger partial charge is 0.227 e. The van der Waals surface area contributed by atoms with Gasteiger partial charge in [0.2, 0.25) is 5.91 Å². The molecule has 1 aliphatic heterocycles. The molecule has 0 aliphatic carbocycles. The van der Waals surface area contributed by atoms with Gasteiger partial charge in [-0.05, 0) is 30.2 Å². The van der Waals surface area contributed by atoms with Gasteiger partial charge in [-0.1, -0.05) is 15.9 Å². The Hall–Kier alpha value is -1.75. The lowest BCUT2D eigenvalue weighted by molar-refractivity contribution is -0.117. The van der Waals surface area contributed by atoms with Gasteiger partial charge in [0.1, 0.15) is 5.75 Å². The first-order valence-electron chi connectivity index (χ1n) is 6.90. The number of rotatable bonds is 4. The van der Waals surface area contributed by atoms with Gasteiger partial charge < -0.3 is 14.2 Å². The van der Waals surface area contributed by atoms with Crippen LogP contribution in [-0.2, 0) is 4.79 Å². The Balaban J connectivity index is 2.05. The summed E-state index contributed by atoms with van der Waals surface area (Å²) in [4.78, 5) is 14.2. The lowest BCUT2D eigenvalue weighted by atomic mass is 10.2. The van der Waals surface area contributed by atoms with E-state index >= 15 is 0 Å². The molecule has 0 spiro atoms. The van der Waals surface area contributed by atoms with Crippen LogP contribution in [0.25, 0.3) is 5.69 Å². The molecule has 2 aromatic rings. The van der Waals surface area contributed by atoms with E-state index in [2.05, 4.69) is 15.9 Å².